The molecule has 1 aliphatic rings. The van der Waals surface area contributed by atoms with Gasteiger partial charge < -0.3 is 4.84 Å². The zero-order valence-electron chi connectivity index (χ0n) is 7.96. The SMILES string of the molecule is FC(F)(F)C1=NOC(c2ccc(Br)cc2)C1. The van der Waals surface area contributed by atoms with Crippen LogP contribution in [0.15, 0.2) is 33.9 Å². The number of halogens is 4. The van der Waals surface area contributed by atoms with Gasteiger partial charge in [0, 0.05) is 10.9 Å². The molecule has 0 aliphatic carbocycles. The number of hydrogen-bond donors (Lipinski definition) is 0. The first-order chi connectivity index (χ1) is 7.47. The lowest BCUT2D eigenvalue weighted by molar-refractivity contribution is -0.0604. The Morgan fingerprint density at radius 1 is 1.25 bits per heavy atom. The van der Waals surface area contributed by atoms with E-state index in [1.807, 2.05) is 0 Å². The van der Waals surface area contributed by atoms with Crippen molar-refractivity contribution in [1.29, 1.82) is 0 Å². The molecule has 0 fully saturated rings. The van der Waals surface area contributed by atoms with Crippen LogP contribution in [0, 0.1) is 0 Å². The van der Waals surface area contributed by atoms with Crippen LogP contribution < -0.4 is 0 Å². The number of rotatable bonds is 1. The maximum absolute atomic E-state index is 12.3. The predicted octanol–water partition coefficient (Wildman–Crippen LogP) is 3.83. The van der Waals surface area contributed by atoms with Gasteiger partial charge in [0.2, 0.25) is 0 Å². The fourth-order valence-corrected chi connectivity index (χ4v) is 1.67. The fourth-order valence-electron chi connectivity index (χ4n) is 1.40. The molecule has 0 aromatic heterocycles. The largest absolute Gasteiger partial charge is 0.432 e. The smallest absolute Gasteiger partial charge is 0.387 e. The quantitative estimate of drug-likeness (QED) is 0.771. The highest BCUT2D eigenvalue weighted by atomic mass is 79.9. The average molecular weight is 294 g/mol. The average Bonchev–Trinajstić information content (AvgIpc) is 2.67. The molecule has 1 atom stereocenters. The van der Waals surface area contributed by atoms with Gasteiger partial charge in [-0.05, 0) is 17.7 Å². The van der Waals surface area contributed by atoms with E-state index >= 15 is 0 Å². The first kappa shape index (κ1) is 11.4. The van der Waals surface area contributed by atoms with Crippen molar-refractivity contribution < 1.29 is 18.0 Å². The Bertz CT molecular complexity index is 413. The van der Waals surface area contributed by atoms with Gasteiger partial charge in [0.1, 0.15) is 0 Å². The summed E-state index contributed by atoms with van der Waals surface area (Å²) in [6.07, 6.45) is -5.26. The van der Waals surface area contributed by atoms with Crippen molar-refractivity contribution >= 4 is 21.6 Å². The number of benzene rings is 1. The maximum Gasteiger partial charge on any atom is 0.432 e. The van der Waals surface area contributed by atoms with Crippen LogP contribution in [0.4, 0.5) is 13.2 Å². The molecule has 2 nitrogen and oxygen atoms in total. The summed E-state index contributed by atoms with van der Waals surface area (Å²) in [4.78, 5) is 4.77. The summed E-state index contributed by atoms with van der Waals surface area (Å²) in [6, 6.07) is 6.93. The summed E-state index contributed by atoms with van der Waals surface area (Å²) < 4.78 is 37.8. The normalized spacial score (nSPS) is 20.5. The summed E-state index contributed by atoms with van der Waals surface area (Å²) in [7, 11) is 0. The van der Waals surface area contributed by atoms with Gasteiger partial charge in [-0.3, -0.25) is 0 Å². The van der Waals surface area contributed by atoms with Gasteiger partial charge in [0.25, 0.3) is 0 Å². The van der Waals surface area contributed by atoms with E-state index in [9.17, 15) is 13.2 Å². The van der Waals surface area contributed by atoms with Crippen molar-refractivity contribution in [1.82, 2.24) is 0 Å². The first-order valence-electron chi connectivity index (χ1n) is 4.52. The molecule has 0 radical (unpaired) electrons. The molecule has 0 saturated heterocycles. The lowest BCUT2D eigenvalue weighted by atomic mass is 10.0. The van der Waals surface area contributed by atoms with Crippen LogP contribution in [-0.2, 0) is 4.84 Å². The van der Waals surface area contributed by atoms with Gasteiger partial charge in [0.05, 0.1) is 0 Å². The molecule has 6 heteroatoms. The fraction of sp³-hybridized carbons (Fsp3) is 0.300. The Labute approximate surface area is 98.2 Å². The number of nitrogens with zero attached hydrogens (tertiary/aromatic N) is 1. The topological polar surface area (TPSA) is 21.6 Å². The zero-order valence-corrected chi connectivity index (χ0v) is 9.55. The molecular weight excluding hydrogens is 287 g/mol. The second-order valence-electron chi connectivity index (χ2n) is 3.39. The van der Waals surface area contributed by atoms with Crippen LogP contribution in [0.5, 0.6) is 0 Å². The molecule has 1 heterocycles. The van der Waals surface area contributed by atoms with Crippen LogP contribution >= 0.6 is 15.9 Å². The molecule has 86 valence electrons. The van der Waals surface area contributed by atoms with Crippen molar-refractivity contribution in [3.63, 3.8) is 0 Å². The van der Waals surface area contributed by atoms with Crippen LogP contribution in [0.2, 0.25) is 0 Å². The van der Waals surface area contributed by atoms with Crippen molar-refractivity contribution in [2.24, 2.45) is 5.16 Å². The van der Waals surface area contributed by atoms with Crippen molar-refractivity contribution in [2.45, 2.75) is 18.7 Å². The van der Waals surface area contributed by atoms with Crippen LogP contribution in [0.3, 0.4) is 0 Å². The number of oxime groups is 1. The van der Waals surface area contributed by atoms with E-state index in [-0.39, 0.29) is 6.42 Å². The van der Waals surface area contributed by atoms with Gasteiger partial charge >= 0.3 is 6.18 Å². The third kappa shape index (κ3) is 2.37. The second kappa shape index (κ2) is 4.08. The molecule has 0 saturated carbocycles. The Kier molecular flexibility index (Phi) is 2.92. The molecule has 0 N–H and O–H groups in total. The third-order valence-corrected chi connectivity index (χ3v) is 2.77. The zero-order chi connectivity index (χ0) is 11.8. The Balaban J connectivity index is 2.09. The minimum atomic E-state index is -4.40. The van der Waals surface area contributed by atoms with E-state index in [0.29, 0.717) is 5.56 Å². The highest BCUT2D eigenvalue weighted by molar-refractivity contribution is 9.10. The molecule has 0 amide bonds. The van der Waals surface area contributed by atoms with E-state index in [1.165, 1.54) is 0 Å². The van der Waals surface area contributed by atoms with E-state index in [4.69, 9.17) is 4.84 Å². The minimum absolute atomic E-state index is 0.231. The van der Waals surface area contributed by atoms with Gasteiger partial charge in [-0.1, -0.05) is 33.2 Å². The minimum Gasteiger partial charge on any atom is -0.387 e. The van der Waals surface area contributed by atoms with E-state index < -0.39 is 18.0 Å². The molecule has 1 aromatic carbocycles. The lowest BCUT2D eigenvalue weighted by Gasteiger charge is -2.08. The maximum atomic E-state index is 12.3. The second-order valence-corrected chi connectivity index (χ2v) is 4.30. The van der Waals surface area contributed by atoms with Crippen molar-refractivity contribution in [3.05, 3.63) is 34.3 Å². The molecule has 0 spiro atoms. The summed E-state index contributed by atoms with van der Waals surface area (Å²) in [5, 5.41) is 3.07. The standard InChI is InChI=1S/C10H7BrF3NO/c11-7-3-1-6(2-4-7)8-5-9(15-16-8)10(12,13)14/h1-4,8H,5H2. The summed E-state index contributed by atoms with van der Waals surface area (Å²) in [5.74, 6) is 0. The van der Waals surface area contributed by atoms with Crippen LogP contribution in [-0.4, -0.2) is 11.9 Å². The molecule has 16 heavy (non-hydrogen) atoms. The van der Waals surface area contributed by atoms with Crippen molar-refractivity contribution in [3.8, 4) is 0 Å². The highest BCUT2D eigenvalue weighted by Crippen LogP contribution is 2.33. The predicted molar refractivity (Wildman–Crippen MR) is 56.1 cm³/mol. The first-order valence-corrected chi connectivity index (χ1v) is 5.31. The molecule has 2 rings (SSSR count). The summed E-state index contributed by atoms with van der Waals surface area (Å²) in [6.45, 7) is 0. The van der Waals surface area contributed by atoms with Crippen molar-refractivity contribution in [2.75, 3.05) is 0 Å². The summed E-state index contributed by atoms with van der Waals surface area (Å²) in [5.41, 5.74) is -0.174. The molecule has 1 aromatic rings. The number of hydrogen-bond acceptors (Lipinski definition) is 2. The number of alkyl halides is 3. The van der Waals surface area contributed by atoms with E-state index in [0.717, 1.165) is 4.47 Å². The summed E-state index contributed by atoms with van der Waals surface area (Å²) >= 11 is 3.25. The van der Waals surface area contributed by atoms with Gasteiger partial charge in [-0.2, -0.15) is 13.2 Å². The van der Waals surface area contributed by atoms with Crippen LogP contribution in [0.25, 0.3) is 0 Å². The van der Waals surface area contributed by atoms with Gasteiger partial charge in [-0.25, -0.2) is 0 Å². The molecular formula is C10H7BrF3NO. The molecule has 1 aliphatic heterocycles. The highest BCUT2D eigenvalue weighted by Gasteiger charge is 2.41. The molecule has 1 unspecified atom stereocenters. The van der Waals surface area contributed by atoms with E-state index in [2.05, 4.69) is 21.1 Å². The third-order valence-electron chi connectivity index (χ3n) is 2.24. The van der Waals surface area contributed by atoms with Gasteiger partial charge in [0.15, 0.2) is 11.8 Å². The van der Waals surface area contributed by atoms with Gasteiger partial charge in [-0.15, -0.1) is 0 Å². The van der Waals surface area contributed by atoms with Crippen LogP contribution in [0.1, 0.15) is 18.1 Å². The Morgan fingerprint density at radius 2 is 1.88 bits per heavy atom. The molecule has 0 bridgehead atoms. The Hall–Kier alpha value is -1.04. The van der Waals surface area contributed by atoms with E-state index in [1.54, 1.807) is 24.3 Å². The monoisotopic (exact) mass is 293 g/mol. The lowest BCUT2D eigenvalue weighted by Crippen LogP contribution is -2.21. The Morgan fingerprint density at radius 3 is 2.38 bits per heavy atom.